The minimum absolute atomic E-state index is 0.0258. The van der Waals surface area contributed by atoms with Crippen LogP contribution in [0.4, 0.5) is 9.59 Å². The summed E-state index contributed by atoms with van der Waals surface area (Å²) in [5.74, 6) is -3.92. The van der Waals surface area contributed by atoms with E-state index in [0.717, 1.165) is 0 Å². The molecular formula is C24H31NO14. The molecule has 15 heteroatoms. The van der Waals surface area contributed by atoms with E-state index >= 15 is 0 Å². The Bertz CT molecular complexity index is 1020. The lowest BCUT2D eigenvalue weighted by atomic mass is 10.1. The normalized spacial score (nSPS) is 11.6. The first-order chi connectivity index (χ1) is 18.3. The predicted molar refractivity (Wildman–Crippen MR) is 130 cm³/mol. The number of carboxylic acid groups (broad SMARTS) is 2. The molecule has 0 aliphatic heterocycles. The van der Waals surface area contributed by atoms with Gasteiger partial charge in [0.25, 0.3) is 0 Å². The van der Waals surface area contributed by atoms with Crippen molar-refractivity contribution in [1.82, 2.24) is 0 Å². The molecule has 0 heterocycles. The van der Waals surface area contributed by atoms with E-state index < -0.39 is 48.3 Å². The Morgan fingerprint density at radius 2 is 1.38 bits per heavy atom. The Labute approximate surface area is 223 Å². The fourth-order valence-corrected chi connectivity index (χ4v) is 2.35. The summed E-state index contributed by atoms with van der Waals surface area (Å²) in [4.78, 5) is 65.4. The second-order valence-corrected chi connectivity index (χ2v) is 7.22. The first-order valence-electron chi connectivity index (χ1n) is 11.3. The lowest BCUT2D eigenvalue weighted by molar-refractivity contribution is -0.157. The topological polar surface area (TPSA) is 224 Å². The number of hydrogen-bond donors (Lipinski definition) is 3. The number of hydrogen-bond acceptors (Lipinski definition) is 13. The fraction of sp³-hybridized carbons (Fsp3) is 0.417. The molecule has 0 saturated carbocycles. The summed E-state index contributed by atoms with van der Waals surface area (Å²) in [6, 6.07) is 3.22. The molecule has 1 rings (SSSR count). The van der Waals surface area contributed by atoms with E-state index in [0.29, 0.717) is 17.7 Å². The number of rotatable bonds is 12. The average Bonchev–Trinajstić information content (AvgIpc) is 2.83. The molecule has 216 valence electrons. The van der Waals surface area contributed by atoms with Gasteiger partial charge in [0.2, 0.25) is 0 Å². The first-order valence-corrected chi connectivity index (χ1v) is 11.3. The van der Waals surface area contributed by atoms with Crippen LogP contribution in [0.25, 0.3) is 0 Å². The maximum absolute atomic E-state index is 12.2. The van der Waals surface area contributed by atoms with Crippen LogP contribution in [0, 0.1) is 0 Å². The lowest BCUT2D eigenvalue weighted by Gasteiger charge is -2.17. The number of nitrogens with two attached hydrogens (primary N) is 1. The molecule has 0 saturated heterocycles. The van der Waals surface area contributed by atoms with Crippen molar-refractivity contribution in [1.29, 1.82) is 0 Å². The molecule has 0 aliphatic rings. The quantitative estimate of drug-likeness (QED) is 0.144. The maximum atomic E-state index is 12.2. The smallest absolute Gasteiger partial charge is 0.478 e. The van der Waals surface area contributed by atoms with Crippen LogP contribution in [0.15, 0.2) is 30.4 Å². The van der Waals surface area contributed by atoms with E-state index in [9.17, 15) is 28.8 Å². The SMILES string of the molecule is CCOC(=O)Oc1ccc(C[C@H](N)C(=O)O[C@H](C)COC(C)=O)cc1OC(=O)OCC.O=C(O)/C=C/C(=O)O. The van der Waals surface area contributed by atoms with Crippen molar-refractivity contribution in [3.05, 3.63) is 35.9 Å². The number of benzene rings is 1. The molecule has 0 unspecified atom stereocenters. The summed E-state index contributed by atoms with van der Waals surface area (Å²) >= 11 is 0. The summed E-state index contributed by atoms with van der Waals surface area (Å²) in [5.41, 5.74) is 6.38. The molecule has 2 atom stereocenters. The first kappa shape index (κ1) is 34.3. The minimum Gasteiger partial charge on any atom is -0.478 e. The molecule has 0 radical (unpaired) electrons. The zero-order chi connectivity index (χ0) is 30.0. The van der Waals surface area contributed by atoms with Gasteiger partial charge in [-0.2, -0.15) is 0 Å². The molecule has 0 aliphatic carbocycles. The highest BCUT2D eigenvalue weighted by Gasteiger charge is 2.21. The predicted octanol–water partition coefficient (Wildman–Crippen LogP) is 1.83. The second kappa shape index (κ2) is 18.6. The summed E-state index contributed by atoms with van der Waals surface area (Å²) in [6.07, 6.45) is -1.52. The van der Waals surface area contributed by atoms with Gasteiger partial charge in [-0.1, -0.05) is 6.07 Å². The molecule has 0 spiro atoms. The lowest BCUT2D eigenvalue weighted by Crippen LogP contribution is -2.37. The van der Waals surface area contributed by atoms with E-state index in [4.69, 9.17) is 44.4 Å². The van der Waals surface area contributed by atoms with Crippen molar-refractivity contribution in [2.24, 2.45) is 5.73 Å². The van der Waals surface area contributed by atoms with Gasteiger partial charge in [-0.25, -0.2) is 19.2 Å². The van der Waals surface area contributed by atoms with Gasteiger partial charge in [0.1, 0.15) is 18.8 Å². The van der Waals surface area contributed by atoms with Gasteiger partial charge in [0.15, 0.2) is 11.5 Å². The molecule has 39 heavy (non-hydrogen) atoms. The van der Waals surface area contributed by atoms with Gasteiger partial charge in [-0.3, -0.25) is 9.59 Å². The van der Waals surface area contributed by atoms with Gasteiger partial charge in [0.05, 0.1) is 13.2 Å². The van der Waals surface area contributed by atoms with Crippen molar-refractivity contribution in [2.75, 3.05) is 19.8 Å². The Morgan fingerprint density at radius 1 is 0.872 bits per heavy atom. The highest BCUT2D eigenvalue weighted by molar-refractivity contribution is 5.89. The molecule has 1 aromatic rings. The van der Waals surface area contributed by atoms with Gasteiger partial charge in [0, 0.05) is 19.1 Å². The minimum atomic E-state index is -1.26. The van der Waals surface area contributed by atoms with Gasteiger partial charge < -0.3 is 44.4 Å². The number of aliphatic carboxylic acids is 2. The van der Waals surface area contributed by atoms with E-state index in [2.05, 4.69) is 0 Å². The van der Waals surface area contributed by atoms with Crippen LogP contribution >= 0.6 is 0 Å². The maximum Gasteiger partial charge on any atom is 0.513 e. The summed E-state index contributed by atoms with van der Waals surface area (Å²) in [7, 11) is 0. The monoisotopic (exact) mass is 557 g/mol. The number of carboxylic acids is 2. The molecule has 15 nitrogen and oxygen atoms in total. The van der Waals surface area contributed by atoms with E-state index in [1.165, 1.54) is 25.1 Å². The molecule has 0 aromatic heterocycles. The Morgan fingerprint density at radius 3 is 1.85 bits per heavy atom. The zero-order valence-electron chi connectivity index (χ0n) is 21.7. The van der Waals surface area contributed by atoms with Crippen LogP contribution in [-0.2, 0) is 44.5 Å². The van der Waals surface area contributed by atoms with E-state index in [1.807, 2.05) is 0 Å². The summed E-state index contributed by atoms with van der Waals surface area (Å²) in [6.45, 7) is 6.08. The van der Waals surface area contributed by atoms with Crippen LogP contribution in [0.2, 0.25) is 0 Å². The van der Waals surface area contributed by atoms with Gasteiger partial charge in [-0.15, -0.1) is 0 Å². The number of ether oxygens (including phenoxy) is 6. The highest BCUT2D eigenvalue weighted by atomic mass is 16.7. The van der Waals surface area contributed by atoms with Crippen molar-refractivity contribution in [3.8, 4) is 11.5 Å². The molecule has 0 amide bonds. The average molecular weight is 558 g/mol. The van der Waals surface area contributed by atoms with E-state index in [1.54, 1.807) is 20.8 Å². The second-order valence-electron chi connectivity index (χ2n) is 7.22. The van der Waals surface area contributed by atoms with Gasteiger partial charge in [-0.05, 0) is 44.9 Å². The van der Waals surface area contributed by atoms with Gasteiger partial charge >= 0.3 is 36.2 Å². The van der Waals surface area contributed by atoms with Crippen LogP contribution < -0.4 is 15.2 Å². The molecule has 1 aromatic carbocycles. The standard InChI is InChI=1S/C20H27NO10.C4H4O4/c1-5-26-19(24)30-16-8-7-14(10-17(16)31-20(25)27-6-2)9-15(21)18(23)29-12(3)11-28-13(4)22;5-3(6)1-2-4(7)8/h7-8,10,12,15H,5-6,9,11,21H2,1-4H3;1-2H,(H,5,6)(H,7,8)/b;2-1+/t12-,15+;/m1./s1. The molecular weight excluding hydrogens is 526 g/mol. The Balaban J connectivity index is 0.00000156. The van der Waals surface area contributed by atoms with Crippen molar-refractivity contribution in [3.63, 3.8) is 0 Å². The van der Waals surface area contributed by atoms with Crippen LogP contribution in [0.3, 0.4) is 0 Å². The third kappa shape index (κ3) is 16.7. The Kier molecular flexibility index (Phi) is 16.3. The molecule has 0 bridgehead atoms. The van der Waals surface area contributed by atoms with Crippen molar-refractivity contribution < 1.29 is 67.4 Å². The number of carbonyl (C=O) groups is 6. The van der Waals surface area contributed by atoms with Crippen molar-refractivity contribution in [2.45, 2.75) is 46.3 Å². The summed E-state index contributed by atoms with van der Waals surface area (Å²) < 4.78 is 29.4. The van der Waals surface area contributed by atoms with Crippen LogP contribution in [-0.4, -0.2) is 78.4 Å². The van der Waals surface area contributed by atoms with Crippen molar-refractivity contribution >= 4 is 36.2 Å². The largest absolute Gasteiger partial charge is 0.513 e. The molecule has 0 fully saturated rings. The number of carbonyl (C=O) groups excluding carboxylic acids is 4. The Hall–Kier alpha value is -4.66. The number of esters is 2. The highest BCUT2D eigenvalue weighted by Crippen LogP contribution is 2.30. The van der Waals surface area contributed by atoms with E-state index in [-0.39, 0.29) is 37.7 Å². The molecule has 4 N–H and O–H groups in total. The zero-order valence-corrected chi connectivity index (χ0v) is 21.7. The third-order valence-corrected chi connectivity index (χ3v) is 3.88. The van der Waals surface area contributed by atoms with Crippen LogP contribution in [0.5, 0.6) is 11.5 Å². The fourth-order valence-electron chi connectivity index (χ4n) is 2.35. The third-order valence-electron chi connectivity index (χ3n) is 3.88. The van der Waals surface area contributed by atoms with Crippen LogP contribution in [0.1, 0.15) is 33.3 Å². The summed E-state index contributed by atoms with van der Waals surface area (Å²) in [5, 5.41) is 15.6.